The van der Waals surface area contributed by atoms with E-state index in [1.165, 1.54) is 12.8 Å². The first-order chi connectivity index (χ1) is 12.0. The van der Waals surface area contributed by atoms with Crippen LogP contribution >= 0.6 is 22.9 Å². The van der Waals surface area contributed by atoms with Gasteiger partial charge in [-0.05, 0) is 31.2 Å². The number of aryl methyl sites for hydroxylation is 1. The van der Waals surface area contributed by atoms with Crippen LogP contribution in [-0.4, -0.2) is 32.7 Å². The third kappa shape index (κ3) is 2.73. The molecule has 134 valence electrons. The molecule has 2 aromatic heterocycles. The molecule has 1 spiro atoms. The number of aromatic nitrogens is 3. The SMILES string of the molecule is Cn1cc(C2CC3(CC(C4CC4)N2)OCC(O)c2cc(Cl)sc23)nn1. The molecular formula is C17H21ClN4O2S. The summed E-state index contributed by atoms with van der Waals surface area (Å²) in [5.41, 5.74) is 1.49. The monoisotopic (exact) mass is 380 g/mol. The van der Waals surface area contributed by atoms with Gasteiger partial charge < -0.3 is 15.2 Å². The van der Waals surface area contributed by atoms with Crippen LogP contribution in [0.4, 0.5) is 0 Å². The number of nitrogens with one attached hydrogen (secondary N) is 1. The largest absolute Gasteiger partial charge is 0.386 e. The number of fused-ring (bicyclic) bond motifs is 2. The van der Waals surface area contributed by atoms with Gasteiger partial charge in [0, 0.05) is 36.1 Å². The van der Waals surface area contributed by atoms with Crippen molar-refractivity contribution in [2.24, 2.45) is 13.0 Å². The molecule has 2 aromatic rings. The Morgan fingerprint density at radius 1 is 1.44 bits per heavy atom. The Labute approximate surface area is 155 Å². The first-order valence-corrected chi connectivity index (χ1v) is 9.97. The molecule has 2 aliphatic heterocycles. The molecule has 6 nitrogen and oxygen atoms in total. The summed E-state index contributed by atoms with van der Waals surface area (Å²) in [5.74, 6) is 0.700. The standard InChI is InChI=1S/C17H21ClN4O2S/c1-22-7-13(20-21-22)12-6-17(5-11(19-12)9-2-3-9)16-10(4-15(18)25-16)14(23)8-24-17/h4,7,9,11-12,14,19,23H,2-3,5-6,8H2,1H3. The number of nitrogens with zero attached hydrogens (tertiary/aromatic N) is 3. The number of halogens is 1. The van der Waals surface area contributed by atoms with Crippen LogP contribution in [0.2, 0.25) is 4.34 Å². The Morgan fingerprint density at radius 2 is 2.28 bits per heavy atom. The van der Waals surface area contributed by atoms with Gasteiger partial charge in [0.15, 0.2) is 0 Å². The zero-order valence-corrected chi connectivity index (χ0v) is 15.6. The van der Waals surface area contributed by atoms with Crippen LogP contribution in [0, 0.1) is 5.92 Å². The summed E-state index contributed by atoms with van der Waals surface area (Å²) in [4.78, 5) is 1.09. The summed E-state index contributed by atoms with van der Waals surface area (Å²) in [7, 11) is 1.89. The van der Waals surface area contributed by atoms with Gasteiger partial charge in [0.05, 0.1) is 22.7 Å². The molecule has 3 aliphatic rings. The maximum Gasteiger partial charge on any atom is 0.106 e. The second-order valence-corrected chi connectivity index (χ2v) is 9.23. The Morgan fingerprint density at radius 3 is 3.00 bits per heavy atom. The molecule has 4 atom stereocenters. The van der Waals surface area contributed by atoms with Crippen molar-refractivity contribution in [1.29, 1.82) is 0 Å². The second kappa shape index (κ2) is 5.76. The van der Waals surface area contributed by atoms with Gasteiger partial charge in [-0.3, -0.25) is 4.68 Å². The third-order valence-corrected chi connectivity index (χ3v) is 7.15. The van der Waals surface area contributed by atoms with Crippen molar-refractivity contribution in [3.05, 3.63) is 32.7 Å². The maximum atomic E-state index is 10.3. The molecule has 25 heavy (non-hydrogen) atoms. The van der Waals surface area contributed by atoms with E-state index in [4.69, 9.17) is 16.3 Å². The van der Waals surface area contributed by atoms with Gasteiger partial charge in [0.2, 0.25) is 0 Å². The first kappa shape index (κ1) is 16.2. The van der Waals surface area contributed by atoms with Gasteiger partial charge in [0.1, 0.15) is 11.7 Å². The van der Waals surface area contributed by atoms with Crippen molar-refractivity contribution in [3.8, 4) is 0 Å². The second-order valence-electron chi connectivity index (χ2n) is 7.54. The lowest BCUT2D eigenvalue weighted by Gasteiger charge is -2.47. The van der Waals surface area contributed by atoms with Gasteiger partial charge in [-0.15, -0.1) is 16.4 Å². The highest BCUT2D eigenvalue weighted by molar-refractivity contribution is 7.16. The quantitative estimate of drug-likeness (QED) is 0.838. The summed E-state index contributed by atoms with van der Waals surface area (Å²) >= 11 is 7.84. The molecule has 0 bridgehead atoms. The van der Waals surface area contributed by atoms with E-state index in [0.29, 0.717) is 22.9 Å². The molecular weight excluding hydrogens is 360 g/mol. The van der Waals surface area contributed by atoms with E-state index in [1.54, 1.807) is 16.0 Å². The summed E-state index contributed by atoms with van der Waals surface area (Å²) in [6.45, 7) is 0.324. The van der Waals surface area contributed by atoms with E-state index < -0.39 is 11.7 Å². The highest BCUT2D eigenvalue weighted by Crippen LogP contribution is 2.54. The molecule has 1 saturated carbocycles. The maximum absolute atomic E-state index is 10.3. The predicted octanol–water partition coefficient (Wildman–Crippen LogP) is 2.69. The number of thiophene rings is 1. The summed E-state index contributed by atoms with van der Waals surface area (Å²) in [5, 5.41) is 22.6. The lowest BCUT2D eigenvalue weighted by molar-refractivity contribution is -0.132. The van der Waals surface area contributed by atoms with E-state index in [-0.39, 0.29) is 6.04 Å². The van der Waals surface area contributed by atoms with Gasteiger partial charge in [-0.2, -0.15) is 0 Å². The van der Waals surface area contributed by atoms with Gasteiger partial charge >= 0.3 is 0 Å². The van der Waals surface area contributed by atoms with E-state index in [2.05, 4.69) is 15.6 Å². The topological polar surface area (TPSA) is 72.2 Å². The van der Waals surface area contributed by atoms with Crippen LogP contribution in [0.5, 0.6) is 0 Å². The summed E-state index contributed by atoms with van der Waals surface area (Å²) in [6, 6.07) is 2.39. The van der Waals surface area contributed by atoms with Crippen LogP contribution in [0.25, 0.3) is 0 Å². The van der Waals surface area contributed by atoms with Gasteiger partial charge in [-0.25, -0.2) is 0 Å². The van der Waals surface area contributed by atoms with Crippen LogP contribution in [-0.2, 0) is 17.4 Å². The number of hydrogen-bond donors (Lipinski definition) is 2. The van der Waals surface area contributed by atoms with Crippen molar-refractivity contribution in [2.75, 3.05) is 6.61 Å². The number of aliphatic hydroxyl groups is 1. The Hall–Kier alpha value is -0.990. The van der Waals surface area contributed by atoms with E-state index in [1.807, 2.05) is 19.3 Å². The number of hydrogen-bond acceptors (Lipinski definition) is 6. The molecule has 0 radical (unpaired) electrons. The molecule has 4 unspecified atom stereocenters. The Bertz CT molecular complexity index is 804. The summed E-state index contributed by atoms with van der Waals surface area (Å²) in [6.07, 6.45) is 5.62. The van der Waals surface area contributed by atoms with Crippen molar-refractivity contribution in [2.45, 2.75) is 49.5 Å². The van der Waals surface area contributed by atoms with Crippen molar-refractivity contribution < 1.29 is 9.84 Å². The minimum atomic E-state index is -0.589. The average molecular weight is 381 g/mol. The number of aliphatic hydroxyl groups excluding tert-OH is 1. The molecule has 8 heteroatoms. The van der Waals surface area contributed by atoms with Crippen molar-refractivity contribution in [1.82, 2.24) is 20.3 Å². The minimum Gasteiger partial charge on any atom is -0.386 e. The lowest BCUT2D eigenvalue weighted by atomic mass is 9.77. The molecule has 5 rings (SSSR count). The van der Waals surface area contributed by atoms with E-state index in [0.717, 1.165) is 29.0 Å². The normalized spacial score (nSPS) is 35.1. The summed E-state index contributed by atoms with van der Waals surface area (Å²) < 4.78 is 8.79. The molecule has 0 amide bonds. The number of rotatable bonds is 2. The van der Waals surface area contributed by atoms with Crippen molar-refractivity contribution >= 4 is 22.9 Å². The zero-order valence-electron chi connectivity index (χ0n) is 14.0. The highest BCUT2D eigenvalue weighted by Gasteiger charge is 2.51. The molecule has 2 N–H and O–H groups in total. The van der Waals surface area contributed by atoms with Crippen LogP contribution in [0.15, 0.2) is 12.3 Å². The number of piperidine rings is 1. The molecule has 4 heterocycles. The third-order valence-electron chi connectivity index (χ3n) is 5.69. The Balaban J connectivity index is 1.56. The molecule has 2 fully saturated rings. The molecule has 0 aromatic carbocycles. The highest BCUT2D eigenvalue weighted by atomic mass is 35.5. The average Bonchev–Trinajstić information content (AvgIpc) is 3.23. The van der Waals surface area contributed by atoms with E-state index in [9.17, 15) is 5.11 Å². The number of ether oxygens (including phenoxy) is 1. The predicted molar refractivity (Wildman–Crippen MR) is 94.5 cm³/mol. The minimum absolute atomic E-state index is 0.0945. The van der Waals surface area contributed by atoms with Crippen LogP contribution < -0.4 is 5.32 Å². The zero-order chi connectivity index (χ0) is 17.2. The van der Waals surface area contributed by atoms with Gasteiger partial charge in [-0.1, -0.05) is 16.8 Å². The van der Waals surface area contributed by atoms with Gasteiger partial charge in [0.25, 0.3) is 0 Å². The molecule has 1 saturated heterocycles. The van der Waals surface area contributed by atoms with Crippen LogP contribution in [0.1, 0.15) is 54.0 Å². The molecule has 1 aliphatic carbocycles. The lowest BCUT2D eigenvalue weighted by Crippen LogP contribution is -2.52. The smallest absolute Gasteiger partial charge is 0.106 e. The Kier molecular flexibility index (Phi) is 3.73. The van der Waals surface area contributed by atoms with Crippen LogP contribution in [0.3, 0.4) is 0 Å². The fourth-order valence-electron chi connectivity index (χ4n) is 4.34. The fraction of sp³-hybridized carbons (Fsp3) is 0.647. The first-order valence-electron chi connectivity index (χ1n) is 8.78. The van der Waals surface area contributed by atoms with Crippen molar-refractivity contribution in [3.63, 3.8) is 0 Å². The van der Waals surface area contributed by atoms with E-state index >= 15 is 0 Å². The fourth-order valence-corrected chi connectivity index (χ4v) is 5.79.